The zero-order chi connectivity index (χ0) is 22.8. The lowest BCUT2D eigenvalue weighted by Gasteiger charge is -2.13. The number of amides is 1. The van der Waals surface area contributed by atoms with Gasteiger partial charge in [0, 0.05) is 16.0 Å². The van der Waals surface area contributed by atoms with Gasteiger partial charge in [0.2, 0.25) is 10.9 Å². The molecule has 3 aromatic rings. The molecule has 2 heterocycles. The first-order valence-corrected chi connectivity index (χ1v) is 10.8. The summed E-state index contributed by atoms with van der Waals surface area (Å²) in [4.78, 5) is 17.7. The largest absolute Gasteiger partial charge is 0.493 e. The van der Waals surface area contributed by atoms with E-state index in [0.717, 1.165) is 16.8 Å². The minimum atomic E-state index is -0.256. The molecule has 7 nitrogen and oxygen atoms in total. The van der Waals surface area contributed by atoms with Crippen molar-refractivity contribution in [1.29, 1.82) is 0 Å². The molecule has 164 valence electrons. The van der Waals surface area contributed by atoms with Crippen molar-refractivity contribution >= 4 is 45.8 Å². The van der Waals surface area contributed by atoms with Crippen LogP contribution in [0.4, 0.5) is 5.13 Å². The lowest BCUT2D eigenvalue weighted by atomic mass is 10.1. The topological polar surface area (TPSA) is 73.2 Å². The molecule has 9 heteroatoms. The molecule has 0 spiro atoms. The number of carbonyl (C=O) groups excluding carboxylic acids is 1. The van der Waals surface area contributed by atoms with Crippen LogP contribution in [0, 0.1) is 0 Å². The minimum absolute atomic E-state index is 0.256. The molecule has 1 aromatic heterocycles. The Labute approximate surface area is 194 Å². The molecule has 0 fully saturated rings. The van der Waals surface area contributed by atoms with E-state index in [4.69, 9.17) is 25.8 Å². The number of hydrazone groups is 1. The molecule has 1 aliphatic heterocycles. The fourth-order valence-corrected chi connectivity index (χ4v) is 4.19. The highest BCUT2D eigenvalue weighted by molar-refractivity contribution is 7.14. The van der Waals surface area contributed by atoms with Crippen LogP contribution in [0.15, 0.2) is 52.5 Å². The molecule has 0 saturated carbocycles. The zero-order valence-electron chi connectivity index (χ0n) is 17.9. The van der Waals surface area contributed by atoms with Crippen molar-refractivity contribution in [2.24, 2.45) is 5.10 Å². The lowest BCUT2D eigenvalue weighted by molar-refractivity contribution is -0.114. The van der Waals surface area contributed by atoms with Crippen LogP contribution in [0.5, 0.6) is 17.2 Å². The number of nitrogens with zero attached hydrogens (tertiary/aromatic N) is 3. The van der Waals surface area contributed by atoms with E-state index >= 15 is 0 Å². The Hall–Kier alpha value is -3.36. The van der Waals surface area contributed by atoms with E-state index < -0.39 is 0 Å². The van der Waals surface area contributed by atoms with Gasteiger partial charge in [-0.05, 0) is 42.8 Å². The normalized spacial score (nSPS) is 14.7. The molecule has 0 aliphatic carbocycles. The number of carbonyl (C=O) groups is 1. The summed E-state index contributed by atoms with van der Waals surface area (Å²) in [6, 6.07) is 10.9. The second kappa shape index (κ2) is 9.02. The number of methoxy groups -OCH3 is 3. The van der Waals surface area contributed by atoms with Crippen molar-refractivity contribution in [1.82, 2.24) is 4.98 Å². The van der Waals surface area contributed by atoms with Crippen molar-refractivity contribution in [2.75, 3.05) is 26.3 Å². The van der Waals surface area contributed by atoms with Gasteiger partial charge in [-0.25, -0.2) is 4.98 Å². The van der Waals surface area contributed by atoms with E-state index in [-0.39, 0.29) is 5.91 Å². The Bertz CT molecular complexity index is 1210. The molecule has 2 aromatic carbocycles. The number of rotatable bonds is 6. The van der Waals surface area contributed by atoms with Gasteiger partial charge in [0.15, 0.2) is 11.5 Å². The van der Waals surface area contributed by atoms with Gasteiger partial charge < -0.3 is 14.2 Å². The Balaban J connectivity index is 1.65. The van der Waals surface area contributed by atoms with Crippen LogP contribution in [-0.2, 0) is 4.79 Å². The van der Waals surface area contributed by atoms with Crippen LogP contribution in [0.1, 0.15) is 12.5 Å². The van der Waals surface area contributed by atoms with Crippen LogP contribution in [0.25, 0.3) is 17.3 Å². The quantitative estimate of drug-likeness (QED) is 0.458. The summed E-state index contributed by atoms with van der Waals surface area (Å²) in [7, 11) is 4.63. The third-order valence-electron chi connectivity index (χ3n) is 4.87. The van der Waals surface area contributed by atoms with Crippen LogP contribution < -0.4 is 19.2 Å². The number of hydrogen-bond acceptors (Lipinski definition) is 7. The Morgan fingerprint density at radius 3 is 2.28 bits per heavy atom. The van der Waals surface area contributed by atoms with Crippen molar-refractivity contribution in [3.8, 4) is 28.5 Å². The minimum Gasteiger partial charge on any atom is -0.493 e. The highest BCUT2D eigenvalue weighted by Crippen LogP contribution is 2.39. The van der Waals surface area contributed by atoms with Gasteiger partial charge in [0.25, 0.3) is 5.91 Å². The number of halogens is 1. The molecular weight excluding hydrogens is 450 g/mol. The number of hydrogen-bond donors (Lipinski definition) is 0. The van der Waals surface area contributed by atoms with Gasteiger partial charge in [0.05, 0.1) is 38.3 Å². The Morgan fingerprint density at radius 1 is 1.03 bits per heavy atom. The number of anilines is 1. The number of aromatic nitrogens is 1. The number of thiazole rings is 1. The zero-order valence-corrected chi connectivity index (χ0v) is 19.5. The summed E-state index contributed by atoms with van der Waals surface area (Å²) in [5.41, 5.74) is 3.44. The second-order valence-electron chi connectivity index (χ2n) is 6.84. The summed E-state index contributed by atoms with van der Waals surface area (Å²) >= 11 is 7.31. The first kappa shape index (κ1) is 21.9. The molecule has 0 radical (unpaired) electrons. The fraction of sp³-hybridized carbons (Fsp3) is 0.174. The van der Waals surface area contributed by atoms with Crippen molar-refractivity contribution in [2.45, 2.75) is 6.92 Å². The van der Waals surface area contributed by atoms with Crippen LogP contribution in [-0.4, -0.2) is 37.9 Å². The van der Waals surface area contributed by atoms with E-state index in [1.165, 1.54) is 16.3 Å². The van der Waals surface area contributed by atoms with Crippen LogP contribution >= 0.6 is 22.9 Å². The average molecular weight is 470 g/mol. The predicted octanol–water partition coefficient (Wildman–Crippen LogP) is 5.30. The molecule has 4 rings (SSSR count). The molecule has 32 heavy (non-hydrogen) atoms. The second-order valence-corrected chi connectivity index (χ2v) is 8.11. The average Bonchev–Trinajstić information content (AvgIpc) is 3.39. The first-order valence-electron chi connectivity index (χ1n) is 9.58. The molecule has 1 amide bonds. The molecule has 0 bridgehead atoms. The fourth-order valence-electron chi connectivity index (χ4n) is 3.28. The summed E-state index contributed by atoms with van der Waals surface area (Å²) < 4.78 is 16.2. The highest BCUT2D eigenvalue weighted by atomic mass is 35.5. The van der Waals surface area contributed by atoms with Gasteiger partial charge in [-0.1, -0.05) is 23.7 Å². The maximum absolute atomic E-state index is 13.1. The first-order chi connectivity index (χ1) is 15.4. The summed E-state index contributed by atoms with van der Waals surface area (Å²) in [5, 5.41) is 8.78. The predicted molar refractivity (Wildman–Crippen MR) is 127 cm³/mol. The molecular formula is C23H20ClN3O4S. The monoisotopic (exact) mass is 469 g/mol. The SMILES string of the molecule is COc1cc(C=C2C(=O)N(c3nc(-c4ccc(Cl)cc4)cs3)N=C2C)cc(OC)c1OC. The molecule has 0 atom stereocenters. The van der Waals surface area contributed by atoms with E-state index in [0.29, 0.717) is 38.7 Å². The number of benzene rings is 2. The highest BCUT2D eigenvalue weighted by Gasteiger charge is 2.31. The van der Waals surface area contributed by atoms with Crippen molar-refractivity contribution in [3.05, 3.63) is 57.9 Å². The summed E-state index contributed by atoms with van der Waals surface area (Å²) in [6.45, 7) is 1.79. The summed E-state index contributed by atoms with van der Waals surface area (Å²) in [5.74, 6) is 1.24. The van der Waals surface area contributed by atoms with E-state index in [2.05, 4.69) is 10.1 Å². The van der Waals surface area contributed by atoms with Gasteiger partial charge in [-0.3, -0.25) is 4.79 Å². The van der Waals surface area contributed by atoms with E-state index in [9.17, 15) is 4.79 Å². The van der Waals surface area contributed by atoms with Crippen LogP contribution in [0.2, 0.25) is 5.02 Å². The summed E-state index contributed by atoms with van der Waals surface area (Å²) in [6.07, 6.45) is 1.75. The Kier molecular flexibility index (Phi) is 6.16. The van der Waals surface area contributed by atoms with Crippen molar-refractivity contribution in [3.63, 3.8) is 0 Å². The Morgan fingerprint density at radius 2 is 1.69 bits per heavy atom. The van der Waals surface area contributed by atoms with Crippen LogP contribution in [0.3, 0.4) is 0 Å². The third-order valence-corrected chi connectivity index (χ3v) is 5.94. The smallest absolute Gasteiger partial charge is 0.282 e. The maximum Gasteiger partial charge on any atom is 0.282 e. The lowest BCUT2D eigenvalue weighted by Crippen LogP contribution is -2.21. The van der Waals surface area contributed by atoms with Gasteiger partial charge >= 0.3 is 0 Å². The maximum atomic E-state index is 13.1. The van der Waals surface area contributed by atoms with E-state index in [1.807, 2.05) is 17.5 Å². The third kappa shape index (κ3) is 4.06. The number of ether oxygens (including phenoxy) is 3. The van der Waals surface area contributed by atoms with Gasteiger partial charge in [0.1, 0.15) is 0 Å². The molecule has 1 aliphatic rings. The van der Waals surface area contributed by atoms with Gasteiger partial charge in [-0.15, -0.1) is 11.3 Å². The van der Waals surface area contributed by atoms with E-state index in [1.54, 1.807) is 58.6 Å². The molecule has 0 saturated heterocycles. The standard InChI is InChI=1S/C23H20ClN3O4S/c1-13-17(9-14-10-19(29-2)21(31-4)20(11-14)30-3)22(28)27(26-13)23-25-18(12-32-23)15-5-7-16(24)8-6-15/h5-12H,1-4H3. The van der Waals surface area contributed by atoms with Gasteiger partial charge in [-0.2, -0.15) is 10.1 Å². The van der Waals surface area contributed by atoms with Crippen molar-refractivity contribution < 1.29 is 19.0 Å². The molecule has 0 unspecified atom stereocenters. The molecule has 0 N–H and O–H groups in total.